The second-order valence-electron chi connectivity index (χ2n) is 6.28. The van der Waals surface area contributed by atoms with Crippen LogP contribution < -0.4 is 0 Å². The lowest BCUT2D eigenvalue weighted by molar-refractivity contribution is 0.510. The molecule has 0 nitrogen and oxygen atoms in total. The quantitative estimate of drug-likeness (QED) is 0.598. The average Bonchev–Trinajstić information content (AvgIpc) is 2.70. The summed E-state index contributed by atoms with van der Waals surface area (Å²) in [6, 6.07) is 0. The van der Waals surface area contributed by atoms with E-state index in [1.807, 2.05) is 0 Å². The SMILES string of the molecule is CC1=CC(C)=C(C(C)(C)C2=C(C)C=C(C)C2)C1. The lowest BCUT2D eigenvalue weighted by Crippen LogP contribution is -2.18. The van der Waals surface area contributed by atoms with Crippen molar-refractivity contribution >= 4 is 0 Å². The average molecular weight is 228 g/mol. The molecule has 0 bridgehead atoms. The highest BCUT2D eigenvalue weighted by Crippen LogP contribution is 2.48. The largest absolute Gasteiger partial charge is 0.0690 e. The Morgan fingerprint density at radius 2 is 1.12 bits per heavy atom. The van der Waals surface area contributed by atoms with Gasteiger partial charge in [0, 0.05) is 5.41 Å². The van der Waals surface area contributed by atoms with Gasteiger partial charge in [-0.2, -0.15) is 0 Å². The molecule has 2 aliphatic rings. The van der Waals surface area contributed by atoms with Gasteiger partial charge in [0.05, 0.1) is 0 Å². The summed E-state index contributed by atoms with van der Waals surface area (Å²) in [4.78, 5) is 0. The molecule has 0 heterocycles. The fraction of sp³-hybridized carbons (Fsp3) is 0.529. The zero-order valence-corrected chi connectivity index (χ0v) is 12.1. The third-order valence-electron chi connectivity index (χ3n) is 4.30. The van der Waals surface area contributed by atoms with Gasteiger partial charge in [-0.05, 0) is 40.5 Å². The van der Waals surface area contributed by atoms with Crippen LogP contribution in [0.1, 0.15) is 54.4 Å². The van der Waals surface area contributed by atoms with E-state index >= 15 is 0 Å². The molecule has 0 aliphatic heterocycles. The summed E-state index contributed by atoms with van der Waals surface area (Å²) >= 11 is 0. The molecule has 0 spiro atoms. The maximum Gasteiger partial charge on any atom is 0.00818 e. The summed E-state index contributed by atoms with van der Waals surface area (Å²) in [6.45, 7) is 13.8. The van der Waals surface area contributed by atoms with Gasteiger partial charge in [-0.15, -0.1) is 0 Å². The van der Waals surface area contributed by atoms with E-state index in [0.29, 0.717) is 0 Å². The molecule has 0 fully saturated rings. The number of hydrogen-bond donors (Lipinski definition) is 0. The van der Waals surface area contributed by atoms with Crippen molar-refractivity contribution in [2.75, 3.05) is 0 Å². The van der Waals surface area contributed by atoms with Crippen LogP contribution in [0.2, 0.25) is 0 Å². The predicted octanol–water partition coefficient (Wildman–Crippen LogP) is 5.35. The molecular weight excluding hydrogens is 204 g/mol. The summed E-state index contributed by atoms with van der Waals surface area (Å²) in [5.74, 6) is 0. The monoisotopic (exact) mass is 228 g/mol. The van der Waals surface area contributed by atoms with Gasteiger partial charge < -0.3 is 0 Å². The van der Waals surface area contributed by atoms with Crippen molar-refractivity contribution in [3.8, 4) is 0 Å². The minimum Gasteiger partial charge on any atom is -0.0690 e. The van der Waals surface area contributed by atoms with E-state index in [2.05, 4.69) is 53.7 Å². The Hall–Kier alpha value is -1.04. The lowest BCUT2D eigenvalue weighted by Gasteiger charge is -2.31. The molecule has 0 saturated carbocycles. The molecule has 17 heavy (non-hydrogen) atoms. The van der Waals surface area contributed by atoms with E-state index in [4.69, 9.17) is 0 Å². The molecule has 0 saturated heterocycles. The summed E-state index contributed by atoms with van der Waals surface area (Å²) in [5.41, 5.74) is 9.43. The Bertz CT molecular complexity index is 432. The Kier molecular flexibility index (Phi) is 2.93. The van der Waals surface area contributed by atoms with Crippen LogP contribution in [0.25, 0.3) is 0 Å². The Morgan fingerprint density at radius 3 is 1.35 bits per heavy atom. The van der Waals surface area contributed by atoms with Gasteiger partial charge in [0.1, 0.15) is 0 Å². The normalized spacial score (nSPS) is 21.3. The van der Waals surface area contributed by atoms with E-state index in [9.17, 15) is 0 Å². The Morgan fingerprint density at radius 1 is 0.765 bits per heavy atom. The third kappa shape index (κ3) is 2.06. The van der Waals surface area contributed by atoms with Crippen LogP contribution in [0.3, 0.4) is 0 Å². The maximum atomic E-state index is 2.39. The molecule has 2 rings (SSSR count). The van der Waals surface area contributed by atoms with E-state index in [1.54, 1.807) is 11.1 Å². The first kappa shape index (κ1) is 12.4. The van der Waals surface area contributed by atoms with E-state index in [-0.39, 0.29) is 5.41 Å². The molecule has 0 aromatic heterocycles. The minimum atomic E-state index is 0.219. The maximum absolute atomic E-state index is 2.39. The second kappa shape index (κ2) is 4.01. The molecule has 0 N–H and O–H groups in total. The van der Waals surface area contributed by atoms with Gasteiger partial charge in [0.2, 0.25) is 0 Å². The number of rotatable bonds is 2. The topological polar surface area (TPSA) is 0 Å². The zero-order chi connectivity index (χ0) is 12.8. The van der Waals surface area contributed by atoms with E-state index < -0.39 is 0 Å². The van der Waals surface area contributed by atoms with Crippen molar-refractivity contribution in [2.45, 2.75) is 54.4 Å². The highest BCUT2D eigenvalue weighted by atomic mass is 14.4. The van der Waals surface area contributed by atoms with Crippen LogP contribution in [0, 0.1) is 5.41 Å². The molecule has 0 heteroatoms. The molecule has 0 aromatic carbocycles. The standard InChI is InChI=1S/C17H24/c1-11-7-13(3)15(9-11)17(5,6)16-10-12(2)8-14(16)4/h7-8H,9-10H2,1-6H3. The van der Waals surface area contributed by atoms with Gasteiger partial charge in [0.15, 0.2) is 0 Å². The van der Waals surface area contributed by atoms with Gasteiger partial charge >= 0.3 is 0 Å². The molecule has 0 amide bonds. The van der Waals surface area contributed by atoms with Crippen molar-refractivity contribution < 1.29 is 0 Å². The fourth-order valence-electron chi connectivity index (χ4n) is 3.46. The first-order valence-corrected chi connectivity index (χ1v) is 6.57. The first-order chi connectivity index (χ1) is 7.82. The lowest BCUT2D eigenvalue weighted by atomic mass is 9.73. The zero-order valence-electron chi connectivity index (χ0n) is 12.1. The van der Waals surface area contributed by atoms with Crippen molar-refractivity contribution in [2.24, 2.45) is 5.41 Å². The number of allylic oxidation sites excluding steroid dienone is 8. The van der Waals surface area contributed by atoms with Crippen LogP contribution in [-0.2, 0) is 0 Å². The highest BCUT2D eigenvalue weighted by molar-refractivity contribution is 5.49. The van der Waals surface area contributed by atoms with Crippen LogP contribution in [0.15, 0.2) is 45.6 Å². The molecule has 2 aliphatic carbocycles. The smallest absolute Gasteiger partial charge is 0.00818 e. The molecule has 0 radical (unpaired) electrons. The van der Waals surface area contributed by atoms with Crippen molar-refractivity contribution in [1.82, 2.24) is 0 Å². The van der Waals surface area contributed by atoms with Crippen LogP contribution in [0.5, 0.6) is 0 Å². The van der Waals surface area contributed by atoms with Gasteiger partial charge in [0.25, 0.3) is 0 Å². The summed E-state index contributed by atoms with van der Waals surface area (Å²) in [7, 11) is 0. The molecule has 92 valence electrons. The van der Waals surface area contributed by atoms with Crippen LogP contribution >= 0.6 is 0 Å². The van der Waals surface area contributed by atoms with Crippen molar-refractivity contribution in [3.05, 3.63) is 45.6 Å². The van der Waals surface area contributed by atoms with Crippen LogP contribution in [-0.4, -0.2) is 0 Å². The van der Waals surface area contributed by atoms with E-state index in [1.165, 1.54) is 22.3 Å². The second-order valence-corrected chi connectivity index (χ2v) is 6.28. The van der Waals surface area contributed by atoms with Gasteiger partial charge in [-0.1, -0.05) is 59.4 Å². The third-order valence-corrected chi connectivity index (χ3v) is 4.30. The first-order valence-electron chi connectivity index (χ1n) is 6.57. The molecule has 0 aromatic rings. The summed E-state index contributed by atoms with van der Waals surface area (Å²) in [6.07, 6.45) is 7.02. The highest BCUT2D eigenvalue weighted by Gasteiger charge is 2.33. The van der Waals surface area contributed by atoms with Gasteiger partial charge in [-0.3, -0.25) is 0 Å². The minimum absolute atomic E-state index is 0.219. The van der Waals surface area contributed by atoms with Crippen LogP contribution in [0.4, 0.5) is 0 Å². The molecule has 0 unspecified atom stereocenters. The molecular formula is C17H24. The number of hydrogen-bond acceptors (Lipinski definition) is 0. The van der Waals surface area contributed by atoms with E-state index in [0.717, 1.165) is 12.8 Å². The Labute approximate surface area is 106 Å². The van der Waals surface area contributed by atoms with Crippen molar-refractivity contribution in [1.29, 1.82) is 0 Å². The van der Waals surface area contributed by atoms with Gasteiger partial charge in [-0.25, -0.2) is 0 Å². The summed E-state index contributed by atoms with van der Waals surface area (Å²) in [5, 5.41) is 0. The fourth-order valence-corrected chi connectivity index (χ4v) is 3.46. The molecule has 0 atom stereocenters. The van der Waals surface area contributed by atoms with Crippen molar-refractivity contribution in [3.63, 3.8) is 0 Å². The Balaban J connectivity index is 2.34. The predicted molar refractivity (Wildman–Crippen MR) is 75.9 cm³/mol. The summed E-state index contributed by atoms with van der Waals surface area (Å²) < 4.78 is 0.